The van der Waals surface area contributed by atoms with E-state index in [1.807, 2.05) is 18.2 Å². The lowest BCUT2D eigenvalue weighted by Crippen LogP contribution is -2.18. The van der Waals surface area contributed by atoms with E-state index in [1.54, 1.807) is 23.8 Å². The average Bonchev–Trinajstić information content (AvgIpc) is 3.63. The standard InChI is InChI=1S/C32H59N4O5P.C7H6N2O.CHN.CH4/c1-3-4-5-6-7-8-9-10-11-12-13-14-15-16-17-18-24-39-25-19-26-40-42(37)41-27-30(38-2)22-20-29-21-23-31-32(33)34-28-35-36(29)31;8-3-6-1-2-7(5-10)9-4-6;1-2;/h21,23,28,30,37H,3-20,22,24-27H2,1-2H3,(H2,33,34,35);1-2,4,10H,5H2;1H;1H4. The maximum absolute atomic E-state index is 10.1. The third kappa shape index (κ3) is 25.5. The van der Waals surface area contributed by atoms with E-state index in [0.717, 1.165) is 37.1 Å². The molecule has 3 aromatic rings. The number of aromatic nitrogens is 4. The van der Waals surface area contributed by atoms with Gasteiger partial charge in [0.1, 0.15) is 17.9 Å². The molecule has 55 heavy (non-hydrogen) atoms. The van der Waals surface area contributed by atoms with Crippen molar-refractivity contribution in [3.05, 3.63) is 53.7 Å². The summed E-state index contributed by atoms with van der Waals surface area (Å²) in [5, 5.41) is 27.7. The van der Waals surface area contributed by atoms with E-state index in [0.29, 0.717) is 36.7 Å². The Morgan fingerprint density at radius 3 is 1.98 bits per heavy atom. The van der Waals surface area contributed by atoms with Crippen molar-refractivity contribution in [1.29, 1.82) is 10.5 Å². The Balaban J connectivity index is 0.00000192. The summed E-state index contributed by atoms with van der Waals surface area (Å²) in [4.78, 5) is 17.9. The second-order valence-electron chi connectivity index (χ2n) is 13.1. The molecule has 2 atom stereocenters. The minimum absolute atomic E-state index is 0. The minimum Gasteiger partial charge on any atom is -0.390 e. The predicted molar refractivity (Wildman–Crippen MR) is 221 cm³/mol. The molecule has 3 rings (SSSR count). The van der Waals surface area contributed by atoms with Crippen LogP contribution < -0.4 is 5.73 Å². The summed E-state index contributed by atoms with van der Waals surface area (Å²) < 4.78 is 23.9. The first-order chi connectivity index (χ1) is 26.5. The van der Waals surface area contributed by atoms with E-state index in [9.17, 15) is 4.89 Å². The fourth-order valence-electron chi connectivity index (χ4n) is 5.70. The molecule has 0 aliphatic rings. The lowest BCUT2D eigenvalue weighted by atomic mass is 10.0. The molecule has 0 saturated carbocycles. The smallest absolute Gasteiger partial charge is 0.329 e. The van der Waals surface area contributed by atoms with Gasteiger partial charge in [-0.25, -0.2) is 14.8 Å². The van der Waals surface area contributed by atoms with E-state index < -0.39 is 8.60 Å². The van der Waals surface area contributed by atoms with Gasteiger partial charge < -0.3 is 34.3 Å². The van der Waals surface area contributed by atoms with Crippen LogP contribution in [0, 0.1) is 23.2 Å². The summed E-state index contributed by atoms with van der Waals surface area (Å²) in [5.41, 5.74) is 8.80. The topological polar surface area (TPSA) is 194 Å². The quantitative estimate of drug-likeness (QED) is 0.0429. The highest BCUT2D eigenvalue weighted by Crippen LogP contribution is 2.33. The molecule has 13 nitrogen and oxygen atoms in total. The van der Waals surface area contributed by atoms with E-state index in [1.165, 1.54) is 109 Å². The van der Waals surface area contributed by atoms with Gasteiger partial charge >= 0.3 is 8.60 Å². The van der Waals surface area contributed by atoms with Crippen LogP contribution >= 0.6 is 8.60 Å². The number of fused-ring (bicyclic) bond motifs is 1. The van der Waals surface area contributed by atoms with E-state index >= 15 is 0 Å². The van der Waals surface area contributed by atoms with Crippen molar-refractivity contribution in [3.8, 4) is 12.6 Å². The van der Waals surface area contributed by atoms with Crippen LogP contribution in [0.25, 0.3) is 5.52 Å². The third-order valence-electron chi connectivity index (χ3n) is 8.88. The minimum atomic E-state index is -1.93. The number of nitrogen functional groups attached to an aromatic ring is 1. The number of nitrogens with zero attached hydrogens (tertiary/aromatic N) is 6. The van der Waals surface area contributed by atoms with E-state index in [2.05, 4.69) is 28.6 Å². The summed E-state index contributed by atoms with van der Waals surface area (Å²) >= 11 is 0. The van der Waals surface area contributed by atoms with Gasteiger partial charge in [-0.2, -0.15) is 10.4 Å². The molecule has 4 N–H and O–H groups in total. The van der Waals surface area contributed by atoms with Gasteiger partial charge in [0.2, 0.25) is 0 Å². The average molecular weight is 788 g/mol. The van der Waals surface area contributed by atoms with Crippen molar-refractivity contribution in [2.45, 2.75) is 149 Å². The molecule has 0 bridgehead atoms. The second kappa shape index (κ2) is 36.4. The lowest BCUT2D eigenvalue weighted by Gasteiger charge is -2.17. The molecule has 0 aliphatic heterocycles. The first-order valence-corrected chi connectivity index (χ1v) is 20.8. The molecule has 0 aliphatic carbocycles. The van der Waals surface area contributed by atoms with Crippen LogP contribution in [0.2, 0.25) is 0 Å². The molecule has 0 spiro atoms. The molecule has 310 valence electrons. The molecule has 0 fully saturated rings. The van der Waals surface area contributed by atoms with Crippen LogP contribution in [0.5, 0.6) is 0 Å². The second-order valence-corrected chi connectivity index (χ2v) is 14.1. The number of nitrogens with two attached hydrogens (primary N) is 1. The van der Waals surface area contributed by atoms with Gasteiger partial charge in [-0.05, 0) is 49.9 Å². The maximum Gasteiger partial charge on any atom is 0.329 e. The number of hydrogen-bond donors (Lipinski definition) is 3. The molecule has 0 saturated heterocycles. The predicted octanol–water partition coefficient (Wildman–Crippen LogP) is 9.40. The highest BCUT2D eigenvalue weighted by molar-refractivity contribution is 7.40. The fourth-order valence-corrected chi connectivity index (χ4v) is 6.35. The zero-order valence-electron chi connectivity index (χ0n) is 32.8. The summed E-state index contributed by atoms with van der Waals surface area (Å²) in [7, 11) is -0.291. The van der Waals surface area contributed by atoms with Gasteiger partial charge in [0.05, 0.1) is 37.2 Å². The SMILES string of the molecule is C.C#N.CCCCCCCCCCCCCCCCCCOCCCOP(O)OCC(CCc1ccc2c(N)ncnn12)OC.N#Cc1ccc(CO)nc1. The Bertz CT molecular complexity index is 1370. The van der Waals surface area contributed by atoms with Crippen molar-refractivity contribution in [2.24, 2.45) is 0 Å². The van der Waals surface area contributed by atoms with Crippen LogP contribution in [-0.2, 0) is 31.5 Å². The van der Waals surface area contributed by atoms with Gasteiger partial charge in [-0.1, -0.05) is 111 Å². The number of ether oxygens (including phenoxy) is 2. The zero-order valence-corrected chi connectivity index (χ0v) is 33.7. The van der Waals surface area contributed by atoms with Crippen molar-refractivity contribution in [1.82, 2.24) is 19.6 Å². The molecular formula is C41H70N7O6P. The molecule has 0 radical (unpaired) electrons. The summed E-state index contributed by atoms with van der Waals surface area (Å²) in [6.07, 6.45) is 26.9. The largest absolute Gasteiger partial charge is 0.390 e. The normalized spacial score (nSPS) is 11.7. The fraction of sp³-hybridized carbons (Fsp3) is 0.683. The van der Waals surface area contributed by atoms with Crippen LogP contribution in [-0.4, -0.2) is 69.2 Å². The van der Waals surface area contributed by atoms with Gasteiger partial charge in [0.15, 0.2) is 5.82 Å². The Labute approximate surface area is 332 Å². The first-order valence-electron chi connectivity index (χ1n) is 19.7. The number of methoxy groups -OCH3 is 1. The van der Waals surface area contributed by atoms with Crippen LogP contribution in [0.1, 0.15) is 147 Å². The zero-order chi connectivity index (χ0) is 39.5. The first kappa shape index (κ1) is 51.7. The third-order valence-corrected chi connectivity index (χ3v) is 9.65. The summed E-state index contributed by atoms with van der Waals surface area (Å²) in [6.45, 7) is 7.82. The number of aliphatic hydroxyl groups is 1. The molecule has 0 amide bonds. The number of pyridine rings is 1. The Hall–Kier alpha value is -3.26. The molecule has 3 aromatic heterocycles. The van der Waals surface area contributed by atoms with Crippen molar-refractivity contribution >= 4 is 19.9 Å². The van der Waals surface area contributed by atoms with Crippen LogP contribution in [0.4, 0.5) is 5.82 Å². The highest BCUT2D eigenvalue weighted by Gasteiger charge is 2.15. The van der Waals surface area contributed by atoms with Crippen molar-refractivity contribution in [2.75, 3.05) is 39.3 Å². The molecule has 3 heterocycles. The number of nitriles is 2. The Morgan fingerprint density at radius 1 is 0.836 bits per heavy atom. The number of aliphatic hydroxyl groups excluding tert-OH is 1. The summed E-state index contributed by atoms with van der Waals surface area (Å²) in [5.74, 6) is 0.455. The van der Waals surface area contributed by atoms with Crippen LogP contribution in [0.15, 0.2) is 36.8 Å². The van der Waals surface area contributed by atoms with Crippen molar-refractivity contribution < 1.29 is 28.5 Å². The van der Waals surface area contributed by atoms with Gasteiger partial charge in [0.25, 0.3) is 0 Å². The van der Waals surface area contributed by atoms with Gasteiger partial charge in [-0.15, -0.1) is 0 Å². The van der Waals surface area contributed by atoms with Gasteiger partial charge in [-0.3, -0.25) is 4.98 Å². The molecule has 0 aromatic carbocycles. The lowest BCUT2D eigenvalue weighted by molar-refractivity contribution is 0.0429. The monoisotopic (exact) mass is 788 g/mol. The Kier molecular flexibility index (Phi) is 34.2. The molecule has 14 heteroatoms. The van der Waals surface area contributed by atoms with E-state index in [-0.39, 0.29) is 26.7 Å². The molecule has 2 unspecified atom stereocenters. The van der Waals surface area contributed by atoms with Crippen molar-refractivity contribution in [3.63, 3.8) is 0 Å². The summed E-state index contributed by atoms with van der Waals surface area (Å²) in [6, 6.07) is 9.08. The number of anilines is 1. The Morgan fingerprint density at radius 2 is 1.44 bits per heavy atom. The highest BCUT2D eigenvalue weighted by atomic mass is 31.2. The number of rotatable bonds is 30. The van der Waals surface area contributed by atoms with Crippen LogP contribution in [0.3, 0.4) is 0 Å². The van der Waals surface area contributed by atoms with E-state index in [4.69, 9.17) is 39.9 Å². The molecular weight excluding hydrogens is 717 g/mol. The maximum atomic E-state index is 10.1. The van der Waals surface area contributed by atoms with Gasteiger partial charge in [0, 0.05) is 38.8 Å². The number of hydrogen-bond acceptors (Lipinski definition) is 12. The number of aryl methyl sites for hydroxylation is 1. The number of unbranched alkanes of at least 4 members (excludes halogenated alkanes) is 15.